The zero-order chi connectivity index (χ0) is 20.6. The van der Waals surface area contributed by atoms with Gasteiger partial charge in [0, 0.05) is 41.4 Å². The van der Waals surface area contributed by atoms with Crippen LogP contribution >= 0.6 is 23.2 Å². The van der Waals surface area contributed by atoms with E-state index in [1.807, 2.05) is 24.5 Å². The maximum atomic E-state index is 12.0. The summed E-state index contributed by atoms with van der Waals surface area (Å²) in [5.41, 5.74) is 9.76. The molecule has 1 atom stereocenters. The van der Waals surface area contributed by atoms with Crippen molar-refractivity contribution in [2.24, 2.45) is 5.73 Å². The van der Waals surface area contributed by atoms with E-state index in [4.69, 9.17) is 28.9 Å². The van der Waals surface area contributed by atoms with Gasteiger partial charge in [-0.3, -0.25) is 14.8 Å². The van der Waals surface area contributed by atoms with Crippen LogP contribution in [0.3, 0.4) is 0 Å². The van der Waals surface area contributed by atoms with E-state index in [1.165, 1.54) is 16.7 Å². The van der Waals surface area contributed by atoms with Crippen LogP contribution in [0.5, 0.6) is 0 Å². The van der Waals surface area contributed by atoms with E-state index in [-0.39, 0.29) is 0 Å². The molecule has 29 heavy (non-hydrogen) atoms. The van der Waals surface area contributed by atoms with Gasteiger partial charge in [0.2, 0.25) is 5.91 Å². The SMILES string of the molecule is NC(=O)C(NCCc1ccncc1CCc1cccnc1)c1ccc(Cl)cc1Cl. The predicted octanol–water partition coefficient (Wildman–Crippen LogP) is 3.93. The number of primary amides is 1. The molecule has 7 heteroatoms. The minimum Gasteiger partial charge on any atom is -0.368 e. The van der Waals surface area contributed by atoms with Gasteiger partial charge in [-0.05, 0) is 65.8 Å². The van der Waals surface area contributed by atoms with Gasteiger partial charge >= 0.3 is 0 Å². The molecule has 5 nitrogen and oxygen atoms in total. The molecule has 3 aromatic rings. The van der Waals surface area contributed by atoms with Gasteiger partial charge in [-0.25, -0.2) is 0 Å². The second-order valence-electron chi connectivity index (χ2n) is 6.71. The van der Waals surface area contributed by atoms with Crippen LogP contribution in [0, 0.1) is 0 Å². The zero-order valence-electron chi connectivity index (χ0n) is 15.8. The molecule has 0 spiro atoms. The van der Waals surface area contributed by atoms with Crippen LogP contribution < -0.4 is 11.1 Å². The van der Waals surface area contributed by atoms with Crippen LogP contribution in [-0.4, -0.2) is 22.4 Å². The van der Waals surface area contributed by atoms with Crippen LogP contribution in [-0.2, 0) is 24.1 Å². The molecule has 1 aromatic carbocycles. The Morgan fingerprint density at radius 1 is 1.00 bits per heavy atom. The van der Waals surface area contributed by atoms with E-state index in [0.717, 1.165) is 19.3 Å². The Balaban J connectivity index is 1.63. The van der Waals surface area contributed by atoms with Gasteiger partial charge in [-0.1, -0.05) is 35.3 Å². The van der Waals surface area contributed by atoms with Crippen LogP contribution in [0.15, 0.2) is 61.2 Å². The van der Waals surface area contributed by atoms with Crippen LogP contribution in [0.25, 0.3) is 0 Å². The number of carbonyl (C=O) groups excluding carboxylic acids is 1. The summed E-state index contributed by atoms with van der Waals surface area (Å²) in [6.45, 7) is 0.566. The highest BCUT2D eigenvalue weighted by Gasteiger charge is 2.20. The number of pyridine rings is 2. The monoisotopic (exact) mass is 428 g/mol. The molecule has 0 aliphatic carbocycles. The lowest BCUT2D eigenvalue weighted by Gasteiger charge is -2.18. The molecule has 1 unspecified atom stereocenters. The van der Waals surface area contributed by atoms with Crippen LogP contribution in [0.2, 0.25) is 10.0 Å². The van der Waals surface area contributed by atoms with E-state index in [1.54, 1.807) is 30.6 Å². The first-order chi connectivity index (χ1) is 14.0. The fraction of sp³-hybridized carbons (Fsp3) is 0.227. The summed E-state index contributed by atoms with van der Waals surface area (Å²) in [6, 6.07) is 10.4. The molecular weight excluding hydrogens is 407 g/mol. The van der Waals surface area contributed by atoms with Crippen LogP contribution in [0.4, 0.5) is 0 Å². The summed E-state index contributed by atoms with van der Waals surface area (Å²) < 4.78 is 0. The smallest absolute Gasteiger partial charge is 0.239 e. The Morgan fingerprint density at radius 2 is 1.83 bits per heavy atom. The minimum atomic E-state index is -0.680. The number of amides is 1. The molecule has 0 saturated carbocycles. The van der Waals surface area contributed by atoms with E-state index >= 15 is 0 Å². The molecule has 2 heterocycles. The first kappa shape index (κ1) is 21.2. The summed E-state index contributed by atoms with van der Waals surface area (Å²) in [6.07, 6.45) is 9.83. The van der Waals surface area contributed by atoms with Gasteiger partial charge in [-0.15, -0.1) is 0 Å². The first-order valence-corrected chi connectivity index (χ1v) is 10.1. The molecule has 0 saturated heterocycles. The average molecular weight is 429 g/mol. The van der Waals surface area contributed by atoms with Gasteiger partial charge in [0.1, 0.15) is 6.04 Å². The van der Waals surface area contributed by atoms with Crippen molar-refractivity contribution in [3.05, 3.63) is 93.5 Å². The van der Waals surface area contributed by atoms with Crippen molar-refractivity contribution < 1.29 is 4.79 Å². The predicted molar refractivity (Wildman–Crippen MR) is 116 cm³/mol. The molecule has 0 radical (unpaired) electrons. The number of benzene rings is 1. The Morgan fingerprint density at radius 3 is 2.55 bits per heavy atom. The Labute approximate surface area is 180 Å². The van der Waals surface area contributed by atoms with Crippen LogP contribution in [0.1, 0.15) is 28.3 Å². The van der Waals surface area contributed by atoms with Gasteiger partial charge in [-0.2, -0.15) is 0 Å². The highest BCUT2D eigenvalue weighted by Crippen LogP contribution is 2.26. The number of carbonyl (C=O) groups is 1. The highest BCUT2D eigenvalue weighted by atomic mass is 35.5. The van der Waals surface area contributed by atoms with E-state index < -0.39 is 11.9 Å². The molecule has 0 aliphatic heterocycles. The maximum absolute atomic E-state index is 12.0. The molecule has 150 valence electrons. The van der Waals surface area contributed by atoms with E-state index in [9.17, 15) is 4.79 Å². The summed E-state index contributed by atoms with van der Waals surface area (Å²) in [5, 5.41) is 4.14. The standard InChI is InChI=1S/C22H22Cl2N4O/c23-18-5-6-19(20(24)12-18)21(22(25)29)28-11-8-16-7-10-27-14-17(16)4-3-15-2-1-9-26-13-15/h1-2,5-7,9-10,12-14,21,28H,3-4,8,11H2,(H2,25,29). The average Bonchev–Trinajstić information content (AvgIpc) is 2.72. The normalized spacial score (nSPS) is 11.9. The highest BCUT2D eigenvalue weighted by molar-refractivity contribution is 6.35. The third-order valence-electron chi connectivity index (χ3n) is 4.71. The van der Waals surface area contributed by atoms with Crippen molar-refractivity contribution in [2.45, 2.75) is 25.3 Å². The van der Waals surface area contributed by atoms with Gasteiger partial charge < -0.3 is 11.1 Å². The quantitative estimate of drug-likeness (QED) is 0.540. The van der Waals surface area contributed by atoms with Crippen molar-refractivity contribution in [1.82, 2.24) is 15.3 Å². The number of rotatable bonds is 9. The Kier molecular flexibility index (Phi) is 7.58. The second-order valence-corrected chi connectivity index (χ2v) is 7.55. The van der Waals surface area contributed by atoms with Gasteiger partial charge in [0.05, 0.1) is 0 Å². The fourth-order valence-electron chi connectivity index (χ4n) is 3.20. The van der Waals surface area contributed by atoms with Gasteiger partial charge in [0.25, 0.3) is 0 Å². The largest absolute Gasteiger partial charge is 0.368 e. The van der Waals surface area contributed by atoms with E-state index in [2.05, 4.69) is 21.4 Å². The molecule has 0 fully saturated rings. The number of halogens is 2. The van der Waals surface area contributed by atoms with Crippen molar-refractivity contribution in [3.63, 3.8) is 0 Å². The second kappa shape index (κ2) is 10.3. The number of hydrogen-bond acceptors (Lipinski definition) is 4. The maximum Gasteiger partial charge on any atom is 0.239 e. The zero-order valence-corrected chi connectivity index (χ0v) is 17.3. The number of nitrogens with two attached hydrogens (primary N) is 1. The molecule has 0 aliphatic rings. The Bertz CT molecular complexity index is 966. The van der Waals surface area contributed by atoms with Gasteiger partial charge in [0.15, 0.2) is 0 Å². The lowest BCUT2D eigenvalue weighted by molar-refractivity contribution is -0.120. The fourth-order valence-corrected chi connectivity index (χ4v) is 3.72. The molecule has 3 rings (SSSR count). The third kappa shape index (κ3) is 6.00. The minimum absolute atomic E-state index is 0.412. The topological polar surface area (TPSA) is 80.9 Å². The molecule has 0 bridgehead atoms. The summed E-state index contributed by atoms with van der Waals surface area (Å²) in [4.78, 5) is 20.4. The lowest BCUT2D eigenvalue weighted by Crippen LogP contribution is -2.35. The number of hydrogen-bond donors (Lipinski definition) is 2. The molecule has 3 N–H and O–H groups in total. The van der Waals surface area contributed by atoms with Crippen molar-refractivity contribution in [1.29, 1.82) is 0 Å². The number of aryl methyl sites for hydroxylation is 2. The molecule has 2 aromatic heterocycles. The first-order valence-electron chi connectivity index (χ1n) is 9.33. The summed E-state index contributed by atoms with van der Waals surface area (Å²) in [7, 11) is 0. The number of aromatic nitrogens is 2. The molecular formula is C22H22Cl2N4O. The van der Waals surface area contributed by atoms with E-state index in [0.29, 0.717) is 22.2 Å². The summed E-state index contributed by atoms with van der Waals surface area (Å²) in [5.74, 6) is -0.485. The molecule has 1 amide bonds. The lowest BCUT2D eigenvalue weighted by atomic mass is 10.00. The van der Waals surface area contributed by atoms with Crippen molar-refractivity contribution in [3.8, 4) is 0 Å². The number of nitrogens with one attached hydrogen (secondary N) is 1. The summed E-state index contributed by atoms with van der Waals surface area (Å²) >= 11 is 12.2. The van der Waals surface area contributed by atoms with Crippen molar-refractivity contribution >= 4 is 29.1 Å². The third-order valence-corrected chi connectivity index (χ3v) is 5.27. The number of nitrogens with zero attached hydrogens (tertiary/aromatic N) is 2. The van der Waals surface area contributed by atoms with Crippen molar-refractivity contribution in [2.75, 3.05) is 6.54 Å². The Hall–Kier alpha value is -2.47.